The van der Waals surface area contributed by atoms with Gasteiger partial charge in [-0.05, 0) is 32.6 Å². The second-order valence-electron chi connectivity index (χ2n) is 4.59. The first-order chi connectivity index (χ1) is 7.71. The molecule has 2 unspecified atom stereocenters. The summed E-state index contributed by atoms with van der Waals surface area (Å²) in [5, 5.41) is 0. The lowest BCUT2D eigenvalue weighted by Crippen LogP contribution is -2.40. The van der Waals surface area contributed by atoms with Crippen LogP contribution in [-0.2, 0) is 14.3 Å². The SMILES string of the molecule is CCCCC1(C(=O)OC)CCCC1OCC. The zero-order valence-corrected chi connectivity index (χ0v) is 10.8. The molecule has 2 atom stereocenters. The molecule has 3 nitrogen and oxygen atoms in total. The molecule has 0 spiro atoms. The van der Waals surface area contributed by atoms with Gasteiger partial charge < -0.3 is 9.47 Å². The van der Waals surface area contributed by atoms with Crippen molar-refractivity contribution >= 4 is 5.97 Å². The lowest BCUT2D eigenvalue weighted by atomic mass is 9.79. The van der Waals surface area contributed by atoms with Crippen molar-refractivity contribution in [2.75, 3.05) is 13.7 Å². The summed E-state index contributed by atoms with van der Waals surface area (Å²) in [5.41, 5.74) is -0.360. The maximum absolute atomic E-state index is 12.0. The van der Waals surface area contributed by atoms with Gasteiger partial charge in [0, 0.05) is 6.61 Å². The van der Waals surface area contributed by atoms with Gasteiger partial charge in [-0.2, -0.15) is 0 Å². The van der Waals surface area contributed by atoms with E-state index in [4.69, 9.17) is 9.47 Å². The third-order valence-electron chi connectivity index (χ3n) is 3.64. The van der Waals surface area contributed by atoms with Gasteiger partial charge in [-0.25, -0.2) is 0 Å². The Hall–Kier alpha value is -0.570. The second-order valence-corrected chi connectivity index (χ2v) is 4.59. The highest BCUT2D eigenvalue weighted by Crippen LogP contribution is 2.45. The Bertz CT molecular complexity index is 227. The zero-order valence-electron chi connectivity index (χ0n) is 10.8. The van der Waals surface area contributed by atoms with Crippen LogP contribution in [-0.4, -0.2) is 25.8 Å². The van der Waals surface area contributed by atoms with Crippen molar-refractivity contribution in [2.24, 2.45) is 5.41 Å². The van der Waals surface area contributed by atoms with Crippen LogP contribution in [0.15, 0.2) is 0 Å². The van der Waals surface area contributed by atoms with Crippen LogP contribution in [0, 0.1) is 5.41 Å². The van der Waals surface area contributed by atoms with E-state index in [1.165, 1.54) is 7.11 Å². The first-order valence-corrected chi connectivity index (χ1v) is 6.41. The number of ether oxygens (including phenoxy) is 2. The van der Waals surface area contributed by atoms with Crippen LogP contribution in [0.5, 0.6) is 0 Å². The molecule has 0 aromatic carbocycles. The molecule has 0 aliphatic heterocycles. The molecule has 1 fully saturated rings. The van der Waals surface area contributed by atoms with Gasteiger partial charge in [0.2, 0.25) is 0 Å². The number of hydrogen-bond donors (Lipinski definition) is 0. The molecule has 0 aromatic rings. The smallest absolute Gasteiger partial charge is 0.314 e. The lowest BCUT2D eigenvalue weighted by molar-refractivity contribution is -0.161. The molecular formula is C13H24O3. The molecule has 0 N–H and O–H groups in total. The fraction of sp³-hybridized carbons (Fsp3) is 0.923. The molecular weight excluding hydrogens is 204 g/mol. The quantitative estimate of drug-likeness (QED) is 0.656. The minimum Gasteiger partial charge on any atom is -0.469 e. The van der Waals surface area contributed by atoms with E-state index in [0.717, 1.165) is 38.5 Å². The van der Waals surface area contributed by atoms with Crippen LogP contribution in [0.25, 0.3) is 0 Å². The van der Waals surface area contributed by atoms with E-state index in [0.29, 0.717) is 6.61 Å². The fourth-order valence-electron chi connectivity index (χ4n) is 2.80. The highest BCUT2D eigenvalue weighted by atomic mass is 16.5. The van der Waals surface area contributed by atoms with Gasteiger partial charge in [-0.15, -0.1) is 0 Å². The minimum absolute atomic E-state index is 0.0662. The summed E-state index contributed by atoms with van der Waals surface area (Å²) in [7, 11) is 1.48. The van der Waals surface area contributed by atoms with Crippen LogP contribution in [0.2, 0.25) is 0 Å². The predicted octanol–water partition coefficient (Wildman–Crippen LogP) is 2.93. The van der Waals surface area contributed by atoms with Gasteiger partial charge in [-0.3, -0.25) is 4.79 Å². The van der Waals surface area contributed by atoms with Gasteiger partial charge in [0.1, 0.15) is 0 Å². The van der Waals surface area contributed by atoms with Crippen molar-refractivity contribution in [3.63, 3.8) is 0 Å². The summed E-state index contributed by atoms with van der Waals surface area (Å²) in [5.74, 6) is -0.0723. The Kier molecular flexibility index (Phi) is 5.26. The highest BCUT2D eigenvalue weighted by Gasteiger charge is 2.49. The number of methoxy groups -OCH3 is 1. The summed E-state index contributed by atoms with van der Waals surface area (Å²) < 4.78 is 10.7. The van der Waals surface area contributed by atoms with E-state index in [1.807, 2.05) is 6.92 Å². The number of carbonyl (C=O) groups excluding carboxylic acids is 1. The van der Waals surface area contributed by atoms with Gasteiger partial charge >= 0.3 is 5.97 Å². The second kappa shape index (κ2) is 6.24. The summed E-state index contributed by atoms with van der Waals surface area (Å²) >= 11 is 0. The van der Waals surface area contributed by atoms with Crippen molar-refractivity contribution in [2.45, 2.75) is 58.5 Å². The summed E-state index contributed by atoms with van der Waals surface area (Å²) in [6.45, 7) is 4.81. The topological polar surface area (TPSA) is 35.5 Å². The monoisotopic (exact) mass is 228 g/mol. The van der Waals surface area contributed by atoms with Crippen molar-refractivity contribution in [3.05, 3.63) is 0 Å². The fourth-order valence-corrected chi connectivity index (χ4v) is 2.80. The van der Waals surface area contributed by atoms with Crippen LogP contribution < -0.4 is 0 Å². The van der Waals surface area contributed by atoms with Crippen molar-refractivity contribution < 1.29 is 14.3 Å². The highest BCUT2D eigenvalue weighted by molar-refractivity contribution is 5.78. The van der Waals surface area contributed by atoms with Gasteiger partial charge in [0.15, 0.2) is 0 Å². The van der Waals surface area contributed by atoms with Crippen LogP contribution >= 0.6 is 0 Å². The first kappa shape index (κ1) is 13.5. The average Bonchev–Trinajstić information content (AvgIpc) is 2.70. The maximum Gasteiger partial charge on any atom is 0.314 e. The molecule has 0 bridgehead atoms. The first-order valence-electron chi connectivity index (χ1n) is 6.41. The molecule has 16 heavy (non-hydrogen) atoms. The normalized spacial score (nSPS) is 29.3. The van der Waals surface area contributed by atoms with Gasteiger partial charge in [0.05, 0.1) is 18.6 Å². The number of hydrogen-bond acceptors (Lipinski definition) is 3. The molecule has 0 saturated heterocycles. The Balaban J connectivity index is 2.79. The van der Waals surface area contributed by atoms with E-state index in [1.54, 1.807) is 0 Å². The van der Waals surface area contributed by atoms with E-state index < -0.39 is 0 Å². The molecule has 1 aliphatic carbocycles. The molecule has 1 aliphatic rings. The van der Waals surface area contributed by atoms with Crippen LogP contribution in [0.1, 0.15) is 52.4 Å². The van der Waals surface area contributed by atoms with Crippen molar-refractivity contribution in [1.29, 1.82) is 0 Å². The molecule has 3 heteroatoms. The van der Waals surface area contributed by atoms with Gasteiger partial charge in [-0.1, -0.05) is 19.8 Å². The van der Waals surface area contributed by atoms with Crippen molar-refractivity contribution in [3.8, 4) is 0 Å². The number of unbranched alkanes of at least 4 members (excludes halogenated alkanes) is 1. The maximum atomic E-state index is 12.0. The van der Waals surface area contributed by atoms with Gasteiger partial charge in [0.25, 0.3) is 0 Å². The van der Waals surface area contributed by atoms with E-state index in [-0.39, 0.29) is 17.5 Å². The Morgan fingerprint density at radius 3 is 2.75 bits per heavy atom. The largest absolute Gasteiger partial charge is 0.469 e. The predicted molar refractivity (Wildman–Crippen MR) is 63.2 cm³/mol. The summed E-state index contributed by atoms with van der Waals surface area (Å²) in [6.07, 6.45) is 6.13. The lowest BCUT2D eigenvalue weighted by Gasteiger charge is -2.32. The standard InChI is InChI=1S/C13H24O3/c1-4-6-9-13(12(14)15-3)10-7-8-11(13)16-5-2/h11H,4-10H2,1-3H3. The molecule has 1 rings (SSSR count). The molecule has 1 saturated carbocycles. The summed E-state index contributed by atoms with van der Waals surface area (Å²) in [6, 6.07) is 0. The number of carbonyl (C=O) groups is 1. The average molecular weight is 228 g/mol. The minimum atomic E-state index is -0.360. The van der Waals surface area contributed by atoms with Crippen molar-refractivity contribution in [1.82, 2.24) is 0 Å². The van der Waals surface area contributed by atoms with E-state index in [2.05, 4.69) is 6.92 Å². The van der Waals surface area contributed by atoms with E-state index in [9.17, 15) is 4.79 Å². The Labute approximate surface area is 98.5 Å². The number of rotatable bonds is 6. The molecule has 0 amide bonds. The summed E-state index contributed by atoms with van der Waals surface area (Å²) in [4.78, 5) is 12.0. The Morgan fingerprint density at radius 1 is 1.44 bits per heavy atom. The number of esters is 1. The van der Waals surface area contributed by atoms with Crippen LogP contribution in [0.3, 0.4) is 0 Å². The third kappa shape index (κ3) is 2.57. The Morgan fingerprint density at radius 2 is 2.19 bits per heavy atom. The van der Waals surface area contributed by atoms with Crippen LogP contribution in [0.4, 0.5) is 0 Å². The molecule has 0 radical (unpaired) electrons. The molecule has 94 valence electrons. The third-order valence-corrected chi connectivity index (χ3v) is 3.64. The molecule has 0 heterocycles. The zero-order chi connectivity index (χ0) is 12.0. The van der Waals surface area contributed by atoms with E-state index >= 15 is 0 Å². The molecule has 0 aromatic heterocycles.